The monoisotopic (exact) mass is 577 g/mol. The normalized spacial score (nSPS) is 14.6. The summed E-state index contributed by atoms with van der Waals surface area (Å²) in [4.78, 5) is 27.4. The van der Waals surface area contributed by atoms with Gasteiger partial charge >= 0.3 is 0 Å². The van der Waals surface area contributed by atoms with E-state index in [0.29, 0.717) is 32.0 Å². The average Bonchev–Trinajstić information content (AvgIpc) is 3.15. The van der Waals surface area contributed by atoms with Crippen molar-refractivity contribution in [3.8, 4) is 11.5 Å². The van der Waals surface area contributed by atoms with Crippen LogP contribution in [0.2, 0.25) is 0 Å². The van der Waals surface area contributed by atoms with Crippen molar-refractivity contribution in [2.24, 2.45) is 0 Å². The number of carbonyl (C=O) groups is 2. The molecule has 0 N–H and O–H groups in total. The second-order valence-corrected chi connectivity index (χ2v) is 10.2. The molecule has 4 aromatic carbocycles. The summed E-state index contributed by atoms with van der Waals surface area (Å²) in [5, 5.41) is 1.84. The molecule has 186 valence electrons. The summed E-state index contributed by atoms with van der Waals surface area (Å²) in [5.74, 6) is 0.211. The van der Waals surface area contributed by atoms with Gasteiger partial charge in [-0.1, -0.05) is 48.5 Å². The maximum absolute atomic E-state index is 13.5. The van der Waals surface area contributed by atoms with Crippen LogP contribution in [0, 0.1) is 5.82 Å². The second kappa shape index (κ2) is 10.8. The van der Waals surface area contributed by atoms with Gasteiger partial charge < -0.3 is 9.47 Å². The topological polar surface area (TPSA) is 55.8 Å². The molecule has 0 aromatic heterocycles. The zero-order valence-corrected chi connectivity index (χ0v) is 22.1. The van der Waals surface area contributed by atoms with Crippen LogP contribution in [0.15, 0.2) is 88.2 Å². The standard InChI is InChI=1S/C29H21BrFNO4S/c1-35-25-14-20(13-24(30)27(25)36-17-19-5-4-8-23(31)12-19)15-26-28(33)32(29(34)37-26)16-18-9-10-21-6-2-3-7-22(21)11-18/h2-15H,16-17H2,1H3/b26-15-. The molecule has 0 unspecified atom stereocenters. The Bertz CT molecular complexity index is 1550. The van der Waals surface area contributed by atoms with Crippen LogP contribution in [-0.2, 0) is 17.9 Å². The van der Waals surface area contributed by atoms with E-state index in [2.05, 4.69) is 15.9 Å². The van der Waals surface area contributed by atoms with Crippen molar-refractivity contribution in [1.29, 1.82) is 0 Å². The van der Waals surface area contributed by atoms with Gasteiger partial charge in [0.05, 0.1) is 23.0 Å². The molecule has 0 radical (unpaired) electrons. The summed E-state index contributed by atoms with van der Waals surface area (Å²) in [7, 11) is 1.51. The van der Waals surface area contributed by atoms with Crippen molar-refractivity contribution in [2.45, 2.75) is 13.2 Å². The first-order valence-electron chi connectivity index (χ1n) is 11.4. The van der Waals surface area contributed by atoms with E-state index >= 15 is 0 Å². The van der Waals surface area contributed by atoms with E-state index in [1.165, 1.54) is 24.1 Å². The van der Waals surface area contributed by atoms with Crippen LogP contribution in [0.3, 0.4) is 0 Å². The van der Waals surface area contributed by atoms with Gasteiger partial charge in [0.15, 0.2) is 11.5 Å². The highest BCUT2D eigenvalue weighted by Crippen LogP contribution is 2.40. The van der Waals surface area contributed by atoms with Crippen LogP contribution in [0.1, 0.15) is 16.7 Å². The Labute approximate surface area is 226 Å². The molecule has 5 nitrogen and oxygen atoms in total. The van der Waals surface area contributed by atoms with Gasteiger partial charge in [0.25, 0.3) is 11.1 Å². The lowest BCUT2D eigenvalue weighted by Gasteiger charge is -2.14. The molecule has 1 aliphatic rings. The molecule has 0 spiro atoms. The molecule has 1 fully saturated rings. The number of nitrogens with zero attached hydrogens (tertiary/aromatic N) is 1. The highest BCUT2D eigenvalue weighted by molar-refractivity contribution is 9.10. The SMILES string of the molecule is COc1cc(/C=C2\SC(=O)N(Cc3ccc4ccccc4c3)C2=O)cc(Br)c1OCc1cccc(F)c1. The Morgan fingerprint density at radius 3 is 2.54 bits per heavy atom. The number of halogens is 2. The number of ether oxygens (including phenoxy) is 2. The number of hydrogen-bond donors (Lipinski definition) is 0. The van der Waals surface area contributed by atoms with E-state index in [9.17, 15) is 14.0 Å². The summed E-state index contributed by atoms with van der Waals surface area (Å²) < 4.78 is 25.5. The van der Waals surface area contributed by atoms with Crippen LogP contribution in [0.4, 0.5) is 9.18 Å². The lowest BCUT2D eigenvalue weighted by atomic mass is 10.1. The summed E-state index contributed by atoms with van der Waals surface area (Å²) in [5.41, 5.74) is 2.22. The molecule has 0 atom stereocenters. The number of benzene rings is 4. The van der Waals surface area contributed by atoms with Crippen molar-refractivity contribution in [1.82, 2.24) is 4.90 Å². The van der Waals surface area contributed by atoms with Crippen LogP contribution >= 0.6 is 27.7 Å². The Hall–Kier alpha value is -3.62. The van der Waals surface area contributed by atoms with E-state index in [4.69, 9.17) is 9.47 Å². The van der Waals surface area contributed by atoms with Gasteiger partial charge in [0.2, 0.25) is 0 Å². The minimum absolute atomic E-state index is 0.153. The number of hydrogen-bond acceptors (Lipinski definition) is 5. The summed E-state index contributed by atoms with van der Waals surface area (Å²) >= 11 is 4.41. The van der Waals surface area contributed by atoms with Crippen molar-refractivity contribution in [2.75, 3.05) is 7.11 Å². The molecule has 2 amide bonds. The predicted molar refractivity (Wildman–Crippen MR) is 147 cm³/mol. The number of fused-ring (bicyclic) bond motifs is 1. The Morgan fingerprint density at radius 2 is 1.76 bits per heavy atom. The molecule has 37 heavy (non-hydrogen) atoms. The molecule has 5 rings (SSSR count). The van der Waals surface area contributed by atoms with Crippen LogP contribution < -0.4 is 9.47 Å². The second-order valence-electron chi connectivity index (χ2n) is 8.40. The fraction of sp³-hybridized carbons (Fsp3) is 0.103. The Morgan fingerprint density at radius 1 is 0.946 bits per heavy atom. The molecule has 0 saturated carbocycles. The van der Waals surface area contributed by atoms with Gasteiger partial charge in [-0.15, -0.1) is 0 Å². The third-order valence-corrected chi connectivity index (χ3v) is 7.35. The molecular formula is C29H21BrFNO4S. The molecule has 8 heteroatoms. The lowest BCUT2D eigenvalue weighted by Crippen LogP contribution is -2.27. The van der Waals surface area contributed by atoms with Crippen LogP contribution in [0.5, 0.6) is 11.5 Å². The molecule has 4 aromatic rings. The highest BCUT2D eigenvalue weighted by atomic mass is 79.9. The maximum Gasteiger partial charge on any atom is 0.293 e. The minimum Gasteiger partial charge on any atom is -0.493 e. The highest BCUT2D eigenvalue weighted by Gasteiger charge is 2.35. The summed E-state index contributed by atoms with van der Waals surface area (Å²) in [6.45, 7) is 0.354. The Balaban J connectivity index is 1.34. The zero-order valence-electron chi connectivity index (χ0n) is 19.7. The van der Waals surface area contributed by atoms with Gasteiger partial charge in [-0.05, 0) is 91.6 Å². The van der Waals surface area contributed by atoms with Crippen molar-refractivity contribution >= 4 is 55.7 Å². The largest absolute Gasteiger partial charge is 0.493 e. The first-order valence-corrected chi connectivity index (χ1v) is 13.0. The van der Waals surface area contributed by atoms with Gasteiger partial charge in [0, 0.05) is 0 Å². The zero-order chi connectivity index (χ0) is 25.9. The van der Waals surface area contributed by atoms with Gasteiger partial charge in [0.1, 0.15) is 12.4 Å². The van der Waals surface area contributed by atoms with E-state index in [-0.39, 0.29) is 30.1 Å². The number of amides is 2. The first kappa shape index (κ1) is 25.0. The molecule has 0 bridgehead atoms. The third kappa shape index (κ3) is 5.55. The van der Waals surface area contributed by atoms with Crippen molar-refractivity contribution in [3.63, 3.8) is 0 Å². The number of thioether (sulfide) groups is 1. The smallest absolute Gasteiger partial charge is 0.293 e. The maximum atomic E-state index is 13.5. The Kier molecular flexibility index (Phi) is 7.30. The van der Waals surface area contributed by atoms with E-state index in [1.807, 2.05) is 42.5 Å². The lowest BCUT2D eigenvalue weighted by molar-refractivity contribution is -0.123. The molecular weight excluding hydrogens is 557 g/mol. The van der Waals surface area contributed by atoms with E-state index < -0.39 is 0 Å². The molecule has 1 heterocycles. The van der Waals surface area contributed by atoms with E-state index in [0.717, 1.165) is 28.1 Å². The molecule has 1 saturated heterocycles. The number of methoxy groups -OCH3 is 1. The van der Waals surface area contributed by atoms with Crippen LogP contribution in [0.25, 0.3) is 16.8 Å². The van der Waals surface area contributed by atoms with Crippen LogP contribution in [-0.4, -0.2) is 23.2 Å². The fourth-order valence-electron chi connectivity index (χ4n) is 4.05. The number of rotatable bonds is 7. The first-order chi connectivity index (χ1) is 17.9. The van der Waals surface area contributed by atoms with Gasteiger partial charge in [-0.2, -0.15) is 0 Å². The molecule has 0 aliphatic carbocycles. The van der Waals surface area contributed by atoms with E-state index in [1.54, 1.807) is 30.3 Å². The number of carbonyl (C=O) groups excluding carboxylic acids is 2. The summed E-state index contributed by atoms with van der Waals surface area (Å²) in [6.07, 6.45) is 1.66. The van der Waals surface area contributed by atoms with Crippen molar-refractivity contribution < 1.29 is 23.5 Å². The number of imide groups is 1. The molecule has 1 aliphatic heterocycles. The predicted octanol–water partition coefficient (Wildman–Crippen LogP) is 7.57. The fourth-order valence-corrected chi connectivity index (χ4v) is 5.47. The van der Waals surface area contributed by atoms with Gasteiger partial charge in [-0.3, -0.25) is 14.5 Å². The van der Waals surface area contributed by atoms with Gasteiger partial charge in [-0.25, -0.2) is 4.39 Å². The summed E-state index contributed by atoms with van der Waals surface area (Å²) in [6, 6.07) is 23.5. The minimum atomic E-state index is -0.343. The quantitative estimate of drug-likeness (QED) is 0.212. The van der Waals surface area contributed by atoms with Crippen molar-refractivity contribution in [3.05, 3.63) is 111 Å². The third-order valence-electron chi connectivity index (χ3n) is 5.85. The average molecular weight is 578 g/mol.